The third kappa shape index (κ3) is 2.23. The second-order valence-electron chi connectivity index (χ2n) is 5.75. The molecule has 3 atom stereocenters. The summed E-state index contributed by atoms with van der Waals surface area (Å²) in [6, 6.07) is 2.62. The lowest BCUT2D eigenvalue weighted by Crippen LogP contribution is -2.64. The average Bonchev–Trinajstić information content (AvgIpc) is 2.48. The lowest BCUT2D eigenvalue weighted by Gasteiger charge is -2.49. The number of nitrogens with two attached hydrogens (primary N) is 1. The number of rotatable bonds is 2. The quantitative estimate of drug-likeness (QED) is 0.659. The normalized spacial score (nSPS) is 33.3. The van der Waals surface area contributed by atoms with Gasteiger partial charge in [0.15, 0.2) is 5.67 Å². The van der Waals surface area contributed by atoms with Crippen LogP contribution < -0.4 is 5.73 Å². The Morgan fingerprint density at radius 2 is 2.26 bits per heavy atom. The number of alkyl halides is 1. The van der Waals surface area contributed by atoms with Gasteiger partial charge in [-0.15, -0.1) is 0 Å². The van der Waals surface area contributed by atoms with Crippen molar-refractivity contribution in [1.29, 1.82) is 0 Å². The molecular weight excluding hydrogens is 312 g/mol. The van der Waals surface area contributed by atoms with Crippen molar-refractivity contribution >= 4 is 11.7 Å². The Balaban J connectivity index is 2.20. The molecule has 2 N–H and O–H groups in total. The Morgan fingerprint density at radius 1 is 1.52 bits per heavy atom. The Kier molecular flexibility index (Phi) is 3.47. The molecule has 23 heavy (non-hydrogen) atoms. The van der Waals surface area contributed by atoms with Gasteiger partial charge >= 0.3 is 0 Å². The minimum atomic E-state index is -2.19. The van der Waals surface area contributed by atoms with E-state index in [0.29, 0.717) is 0 Å². The molecule has 124 valence electrons. The zero-order valence-corrected chi connectivity index (χ0v) is 12.3. The Hall–Kier alpha value is -2.29. The molecule has 1 fully saturated rings. The zero-order valence-electron chi connectivity index (χ0n) is 12.3. The molecule has 1 saturated heterocycles. The Labute approximate surface area is 130 Å². The minimum Gasteiger partial charge on any atom is -0.458 e. The highest BCUT2D eigenvalue weighted by Gasteiger charge is 2.62. The third-order valence-electron chi connectivity index (χ3n) is 4.44. The molecule has 0 amide bonds. The summed E-state index contributed by atoms with van der Waals surface area (Å²) in [7, 11) is 0. The standard InChI is InChI=1S/C14H15F2N3O4/c1-13(9-6-8(19(20)21)2-3-10(9)15)14(16)7-22-5-4-11(14)23-12(17)18-13/h2-3,6,11H,4-5,7H2,1H3,(H2,17,18)/t11?,13-,14?/m1/s1. The summed E-state index contributed by atoms with van der Waals surface area (Å²) in [4.78, 5) is 14.2. The van der Waals surface area contributed by atoms with Gasteiger partial charge in [-0.3, -0.25) is 10.1 Å². The fraction of sp³-hybridized carbons (Fsp3) is 0.500. The highest BCUT2D eigenvalue weighted by Crippen LogP contribution is 2.49. The molecular formula is C14H15F2N3O4. The number of nitro groups is 1. The molecule has 2 aliphatic rings. The van der Waals surface area contributed by atoms with Crippen LogP contribution in [0.5, 0.6) is 0 Å². The first kappa shape index (κ1) is 15.6. The maximum Gasteiger partial charge on any atom is 0.283 e. The molecule has 3 rings (SSSR count). The number of aliphatic imine (C=N–C) groups is 1. The van der Waals surface area contributed by atoms with Gasteiger partial charge in [-0.1, -0.05) is 0 Å². The summed E-state index contributed by atoms with van der Waals surface area (Å²) in [5.74, 6) is -0.808. The van der Waals surface area contributed by atoms with Crippen molar-refractivity contribution in [2.45, 2.75) is 30.7 Å². The van der Waals surface area contributed by atoms with Gasteiger partial charge in [-0.05, 0) is 13.0 Å². The van der Waals surface area contributed by atoms with Gasteiger partial charge in [0.25, 0.3) is 11.7 Å². The van der Waals surface area contributed by atoms with Crippen LogP contribution in [0.3, 0.4) is 0 Å². The van der Waals surface area contributed by atoms with E-state index in [1.807, 2.05) is 0 Å². The van der Waals surface area contributed by atoms with Crippen molar-refractivity contribution in [3.8, 4) is 0 Å². The van der Waals surface area contributed by atoms with E-state index in [1.165, 1.54) is 6.92 Å². The first-order valence-electron chi connectivity index (χ1n) is 7.01. The summed E-state index contributed by atoms with van der Waals surface area (Å²) in [5.41, 5.74) is 1.02. The molecule has 9 heteroatoms. The van der Waals surface area contributed by atoms with Crippen molar-refractivity contribution in [2.24, 2.45) is 10.7 Å². The molecule has 2 heterocycles. The summed E-state index contributed by atoms with van der Waals surface area (Å²) in [6.07, 6.45) is -0.740. The molecule has 0 radical (unpaired) electrons. The summed E-state index contributed by atoms with van der Waals surface area (Å²) in [6.45, 7) is 1.25. The molecule has 0 aliphatic carbocycles. The smallest absolute Gasteiger partial charge is 0.283 e. The van der Waals surface area contributed by atoms with Crippen LogP contribution in [0.1, 0.15) is 18.9 Å². The topological polar surface area (TPSA) is 100.0 Å². The fourth-order valence-electron chi connectivity index (χ4n) is 3.11. The number of halogens is 2. The highest BCUT2D eigenvalue weighted by atomic mass is 19.1. The first-order valence-corrected chi connectivity index (χ1v) is 7.01. The maximum atomic E-state index is 15.7. The number of fused-ring (bicyclic) bond motifs is 1. The maximum absolute atomic E-state index is 15.7. The number of hydrogen-bond acceptors (Lipinski definition) is 6. The molecule has 0 aromatic heterocycles. The van der Waals surface area contributed by atoms with Crippen LogP contribution in [0, 0.1) is 15.9 Å². The van der Waals surface area contributed by atoms with Gasteiger partial charge in [-0.2, -0.15) is 0 Å². The second kappa shape index (κ2) is 5.12. The van der Waals surface area contributed by atoms with E-state index in [0.717, 1.165) is 18.2 Å². The van der Waals surface area contributed by atoms with E-state index < -0.39 is 28.1 Å². The van der Waals surface area contributed by atoms with Crippen LogP contribution in [-0.2, 0) is 15.0 Å². The van der Waals surface area contributed by atoms with Gasteiger partial charge in [0.1, 0.15) is 17.5 Å². The second-order valence-corrected chi connectivity index (χ2v) is 5.75. The number of nitro benzene ring substituents is 1. The summed E-state index contributed by atoms with van der Waals surface area (Å²) >= 11 is 0. The average molecular weight is 327 g/mol. The molecule has 1 aromatic carbocycles. The minimum absolute atomic E-state index is 0.221. The number of benzene rings is 1. The van der Waals surface area contributed by atoms with Crippen molar-refractivity contribution in [3.63, 3.8) is 0 Å². The van der Waals surface area contributed by atoms with Crippen molar-refractivity contribution < 1.29 is 23.2 Å². The van der Waals surface area contributed by atoms with E-state index in [-0.39, 0.29) is 36.9 Å². The monoisotopic (exact) mass is 327 g/mol. The van der Waals surface area contributed by atoms with E-state index in [4.69, 9.17) is 15.2 Å². The van der Waals surface area contributed by atoms with Gasteiger partial charge < -0.3 is 15.2 Å². The highest BCUT2D eigenvalue weighted by molar-refractivity contribution is 5.74. The van der Waals surface area contributed by atoms with E-state index in [2.05, 4.69) is 4.99 Å². The number of nitrogens with zero attached hydrogens (tertiary/aromatic N) is 2. The van der Waals surface area contributed by atoms with Gasteiger partial charge in [0.2, 0.25) is 0 Å². The van der Waals surface area contributed by atoms with E-state index in [9.17, 15) is 14.5 Å². The molecule has 7 nitrogen and oxygen atoms in total. The third-order valence-corrected chi connectivity index (χ3v) is 4.44. The van der Waals surface area contributed by atoms with E-state index >= 15 is 4.39 Å². The van der Waals surface area contributed by atoms with Crippen LogP contribution in [0.2, 0.25) is 0 Å². The zero-order chi connectivity index (χ0) is 16.8. The Morgan fingerprint density at radius 3 is 2.96 bits per heavy atom. The van der Waals surface area contributed by atoms with Crippen molar-refractivity contribution in [1.82, 2.24) is 0 Å². The van der Waals surface area contributed by atoms with Gasteiger partial charge in [0, 0.05) is 24.1 Å². The Bertz CT molecular complexity index is 699. The van der Waals surface area contributed by atoms with Gasteiger partial charge in [0.05, 0.1) is 18.1 Å². The molecule has 2 unspecified atom stereocenters. The molecule has 0 spiro atoms. The lowest BCUT2D eigenvalue weighted by molar-refractivity contribution is -0.385. The molecule has 2 aliphatic heterocycles. The van der Waals surface area contributed by atoms with Crippen LogP contribution in [-0.4, -0.2) is 35.9 Å². The summed E-state index contributed by atoms with van der Waals surface area (Å²) in [5, 5.41) is 11.0. The van der Waals surface area contributed by atoms with Crippen LogP contribution in [0.4, 0.5) is 14.5 Å². The molecule has 0 bridgehead atoms. The van der Waals surface area contributed by atoms with Crippen LogP contribution in [0.25, 0.3) is 0 Å². The van der Waals surface area contributed by atoms with E-state index in [1.54, 1.807) is 0 Å². The first-order chi connectivity index (χ1) is 10.8. The van der Waals surface area contributed by atoms with Gasteiger partial charge in [-0.25, -0.2) is 13.8 Å². The predicted octanol–water partition coefficient (Wildman–Crippen LogP) is 1.79. The number of amidine groups is 1. The van der Waals surface area contributed by atoms with Crippen molar-refractivity contribution in [3.05, 3.63) is 39.7 Å². The van der Waals surface area contributed by atoms with Crippen LogP contribution in [0.15, 0.2) is 23.2 Å². The lowest BCUT2D eigenvalue weighted by atomic mass is 9.72. The van der Waals surface area contributed by atoms with Crippen molar-refractivity contribution in [2.75, 3.05) is 13.2 Å². The fourth-order valence-corrected chi connectivity index (χ4v) is 3.11. The van der Waals surface area contributed by atoms with Crippen LogP contribution >= 0.6 is 0 Å². The predicted molar refractivity (Wildman–Crippen MR) is 76.2 cm³/mol. The number of ether oxygens (including phenoxy) is 2. The SMILES string of the molecule is C[C@]1(c2cc([N+](=O)[O-])ccc2F)N=C(N)OC2CCOCC21F. The number of non-ortho nitro benzene ring substituents is 1. The molecule has 1 aromatic rings. The molecule has 0 saturated carbocycles. The summed E-state index contributed by atoms with van der Waals surface area (Å²) < 4.78 is 40.5. The number of hydrogen-bond donors (Lipinski definition) is 1. The largest absolute Gasteiger partial charge is 0.458 e.